The summed E-state index contributed by atoms with van der Waals surface area (Å²) in [7, 11) is -3.72. The Kier molecular flexibility index (Phi) is 8.54. The van der Waals surface area contributed by atoms with E-state index in [4.69, 9.17) is 0 Å². The minimum absolute atomic E-state index is 0.143. The first kappa shape index (κ1) is 27.8. The van der Waals surface area contributed by atoms with Crippen LogP contribution >= 0.6 is 11.3 Å². The van der Waals surface area contributed by atoms with E-state index in [1.54, 1.807) is 24.5 Å². The fourth-order valence-corrected chi connectivity index (χ4v) is 6.82. The maximum Gasteiger partial charge on any atom is 0.260 e. The van der Waals surface area contributed by atoms with Gasteiger partial charge >= 0.3 is 0 Å². The summed E-state index contributed by atoms with van der Waals surface area (Å²) >= 11 is 1.22. The van der Waals surface area contributed by atoms with E-state index >= 15 is 0 Å². The van der Waals surface area contributed by atoms with Gasteiger partial charge in [-0.25, -0.2) is 17.8 Å². The number of amides is 1. The molecule has 0 N–H and O–H groups in total. The van der Waals surface area contributed by atoms with Crippen molar-refractivity contribution in [1.82, 2.24) is 14.3 Å². The number of aromatic nitrogens is 2. The monoisotopic (exact) mass is 554 g/mol. The van der Waals surface area contributed by atoms with Crippen LogP contribution in [0.4, 0.5) is 9.52 Å². The number of thiazole rings is 1. The van der Waals surface area contributed by atoms with Gasteiger partial charge in [0.15, 0.2) is 5.13 Å². The van der Waals surface area contributed by atoms with E-state index in [0.29, 0.717) is 34.0 Å². The topological polar surface area (TPSA) is 83.5 Å². The summed E-state index contributed by atoms with van der Waals surface area (Å²) in [4.78, 5) is 24.1. The quantitative estimate of drug-likeness (QED) is 0.241. The number of carbonyl (C=O) groups is 1. The summed E-state index contributed by atoms with van der Waals surface area (Å²) in [6.07, 6.45) is 3.32. The molecule has 0 saturated carbocycles. The Morgan fingerprint density at radius 1 is 1.00 bits per heavy atom. The molecule has 0 atom stereocenters. The molecular formula is C28H31FN4O3S2. The zero-order chi connectivity index (χ0) is 27.4. The SMILES string of the molecule is CC(C)CN(CC(C)C)S(=O)(=O)c1ccc(C(=O)N(Cc2cccnc2)c2nc3ccc(F)cc3s2)cc1. The number of pyridine rings is 1. The van der Waals surface area contributed by atoms with Crippen LogP contribution in [-0.4, -0.2) is 41.7 Å². The van der Waals surface area contributed by atoms with E-state index in [0.717, 1.165) is 5.56 Å². The highest BCUT2D eigenvalue weighted by molar-refractivity contribution is 7.89. The van der Waals surface area contributed by atoms with E-state index in [-0.39, 0.29) is 35.0 Å². The molecule has 0 unspecified atom stereocenters. The molecule has 0 spiro atoms. The number of hydrogen-bond acceptors (Lipinski definition) is 6. The van der Waals surface area contributed by atoms with Crippen molar-refractivity contribution in [2.75, 3.05) is 18.0 Å². The Hall–Kier alpha value is -3.21. The second-order valence-electron chi connectivity index (χ2n) is 10.00. The first-order valence-electron chi connectivity index (χ1n) is 12.4. The number of rotatable bonds is 10. The van der Waals surface area contributed by atoms with Crippen molar-refractivity contribution in [1.29, 1.82) is 0 Å². The average molecular weight is 555 g/mol. The summed E-state index contributed by atoms with van der Waals surface area (Å²) in [5, 5.41) is 0.413. The molecular weight excluding hydrogens is 523 g/mol. The van der Waals surface area contributed by atoms with Gasteiger partial charge in [-0.2, -0.15) is 4.31 Å². The zero-order valence-electron chi connectivity index (χ0n) is 21.8. The lowest BCUT2D eigenvalue weighted by Gasteiger charge is -2.26. The van der Waals surface area contributed by atoms with Crippen LogP contribution in [0.1, 0.15) is 43.6 Å². The molecule has 0 aliphatic heterocycles. The third kappa shape index (κ3) is 6.43. The third-order valence-corrected chi connectivity index (χ3v) is 8.64. The zero-order valence-corrected chi connectivity index (χ0v) is 23.5. The second-order valence-corrected chi connectivity index (χ2v) is 12.9. The summed E-state index contributed by atoms with van der Waals surface area (Å²) in [5.41, 5.74) is 1.70. The normalized spacial score (nSPS) is 12.1. The van der Waals surface area contributed by atoms with Crippen LogP contribution in [0.15, 0.2) is 71.9 Å². The second kappa shape index (κ2) is 11.7. The van der Waals surface area contributed by atoms with E-state index in [1.807, 2.05) is 33.8 Å². The van der Waals surface area contributed by atoms with Crippen LogP contribution in [0.5, 0.6) is 0 Å². The van der Waals surface area contributed by atoms with Crippen LogP contribution in [0, 0.1) is 17.7 Å². The predicted octanol–water partition coefficient (Wildman–Crippen LogP) is 5.98. The maximum absolute atomic E-state index is 13.8. The van der Waals surface area contributed by atoms with Crippen molar-refractivity contribution >= 4 is 42.6 Å². The van der Waals surface area contributed by atoms with E-state index in [2.05, 4.69) is 9.97 Å². The number of anilines is 1. The molecule has 7 nitrogen and oxygen atoms in total. The summed E-state index contributed by atoms with van der Waals surface area (Å²) < 4.78 is 42.7. The van der Waals surface area contributed by atoms with Crippen molar-refractivity contribution in [3.63, 3.8) is 0 Å². The van der Waals surface area contributed by atoms with Crippen molar-refractivity contribution < 1.29 is 17.6 Å². The number of halogens is 1. The molecule has 0 radical (unpaired) electrons. The van der Waals surface area contributed by atoms with E-state index in [9.17, 15) is 17.6 Å². The molecule has 4 aromatic rings. The number of nitrogens with zero attached hydrogens (tertiary/aromatic N) is 4. The van der Waals surface area contributed by atoms with Gasteiger partial charge in [0, 0.05) is 31.0 Å². The fraction of sp³-hybridized carbons (Fsp3) is 0.321. The van der Waals surface area contributed by atoms with Gasteiger partial charge in [0.2, 0.25) is 10.0 Å². The Balaban J connectivity index is 1.67. The molecule has 200 valence electrons. The Bertz CT molecular complexity index is 1490. The highest BCUT2D eigenvalue weighted by atomic mass is 32.2. The minimum atomic E-state index is -3.72. The Morgan fingerprint density at radius 2 is 1.68 bits per heavy atom. The molecule has 0 bridgehead atoms. The maximum atomic E-state index is 13.8. The number of sulfonamides is 1. The molecule has 0 fully saturated rings. The lowest BCUT2D eigenvalue weighted by molar-refractivity contribution is 0.0985. The van der Waals surface area contributed by atoms with Gasteiger partial charge < -0.3 is 0 Å². The number of carbonyl (C=O) groups excluding carboxylic acids is 1. The van der Waals surface area contributed by atoms with Gasteiger partial charge in [-0.1, -0.05) is 45.1 Å². The van der Waals surface area contributed by atoms with E-state index in [1.165, 1.54) is 56.9 Å². The minimum Gasteiger partial charge on any atom is -0.279 e. The van der Waals surface area contributed by atoms with Crippen LogP contribution in [0.3, 0.4) is 0 Å². The number of benzene rings is 2. The van der Waals surface area contributed by atoms with Gasteiger partial charge in [-0.3, -0.25) is 14.7 Å². The van der Waals surface area contributed by atoms with Crippen LogP contribution in [0.2, 0.25) is 0 Å². The van der Waals surface area contributed by atoms with Gasteiger partial charge in [0.1, 0.15) is 5.82 Å². The van der Waals surface area contributed by atoms with Crippen LogP contribution < -0.4 is 4.90 Å². The largest absolute Gasteiger partial charge is 0.279 e. The smallest absolute Gasteiger partial charge is 0.260 e. The molecule has 4 rings (SSSR count). The van der Waals surface area contributed by atoms with Gasteiger partial charge in [-0.15, -0.1) is 0 Å². The highest BCUT2D eigenvalue weighted by Gasteiger charge is 2.27. The lowest BCUT2D eigenvalue weighted by atomic mass is 10.2. The highest BCUT2D eigenvalue weighted by Crippen LogP contribution is 2.31. The molecule has 0 aliphatic carbocycles. The van der Waals surface area contributed by atoms with Crippen molar-refractivity contribution in [3.05, 3.63) is 83.9 Å². The summed E-state index contributed by atoms with van der Waals surface area (Å²) in [6.45, 7) is 8.97. The van der Waals surface area contributed by atoms with E-state index < -0.39 is 10.0 Å². The third-order valence-electron chi connectivity index (χ3n) is 5.76. The molecule has 1 amide bonds. The fourth-order valence-electron chi connectivity index (χ4n) is 4.06. The lowest BCUT2D eigenvalue weighted by Crippen LogP contribution is -2.37. The first-order valence-corrected chi connectivity index (χ1v) is 14.7. The van der Waals surface area contributed by atoms with Gasteiger partial charge in [0.25, 0.3) is 5.91 Å². The first-order chi connectivity index (χ1) is 18.0. The van der Waals surface area contributed by atoms with Crippen molar-refractivity contribution in [2.24, 2.45) is 11.8 Å². The molecule has 2 heterocycles. The summed E-state index contributed by atoms with van der Waals surface area (Å²) in [6, 6.07) is 14.0. The Labute approximate surface area is 227 Å². The molecule has 10 heteroatoms. The van der Waals surface area contributed by atoms with Gasteiger partial charge in [0.05, 0.1) is 21.7 Å². The van der Waals surface area contributed by atoms with Gasteiger partial charge in [-0.05, 0) is 65.9 Å². The molecule has 0 saturated heterocycles. The van der Waals surface area contributed by atoms with Crippen LogP contribution in [-0.2, 0) is 16.6 Å². The molecule has 2 aromatic heterocycles. The van der Waals surface area contributed by atoms with Crippen LogP contribution in [0.25, 0.3) is 10.2 Å². The van der Waals surface area contributed by atoms with Crippen molar-refractivity contribution in [3.8, 4) is 0 Å². The number of hydrogen-bond donors (Lipinski definition) is 0. The molecule has 2 aromatic carbocycles. The van der Waals surface area contributed by atoms with Crippen molar-refractivity contribution in [2.45, 2.75) is 39.1 Å². The molecule has 0 aliphatic rings. The Morgan fingerprint density at radius 3 is 2.29 bits per heavy atom. The summed E-state index contributed by atoms with van der Waals surface area (Å²) in [5.74, 6) is -0.377. The number of fused-ring (bicyclic) bond motifs is 1. The average Bonchev–Trinajstić information content (AvgIpc) is 3.29. The predicted molar refractivity (Wildman–Crippen MR) is 149 cm³/mol. The standard InChI is InChI=1S/C28H31FN4O3S2/c1-19(2)16-32(17-20(3)4)38(35,36)24-10-7-22(8-11-24)27(34)33(18-21-6-5-13-30-15-21)28-31-25-12-9-23(29)14-26(25)37-28/h5-15,19-20H,16-18H2,1-4H3. The molecule has 38 heavy (non-hydrogen) atoms.